The Hall–Kier alpha value is -1.03. The van der Waals surface area contributed by atoms with Crippen molar-refractivity contribution in [2.75, 3.05) is 11.4 Å². The summed E-state index contributed by atoms with van der Waals surface area (Å²) in [7, 11) is 0. The average Bonchev–Trinajstić information content (AvgIpc) is 2.16. The van der Waals surface area contributed by atoms with Gasteiger partial charge in [0.1, 0.15) is 0 Å². The minimum absolute atomic E-state index is 0.601. The van der Waals surface area contributed by atoms with Crippen LogP contribution in [-0.2, 0) is 6.42 Å². The molecule has 1 N–H and O–H groups in total. The van der Waals surface area contributed by atoms with Crippen molar-refractivity contribution in [3.8, 4) is 0 Å². The second-order valence-electron chi connectivity index (χ2n) is 3.31. The van der Waals surface area contributed by atoms with E-state index < -0.39 is 6.09 Å². The molecule has 0 saturated carbocycles. The van der Waals surface area contributed by atoms with Crippen molar-refractivity contribution in [1.82, 2.24) is 0 Å². The molecule has 74 valence electrons. The van der Waals surface area contributed by atoms with Crippen LogP contribution < -0.4 is 4.90 Å². The second-order valence-corrected chi connectivity index (χ2v) is 4.23. The molecule has 1 aliphatic heterocycles. The van der Waals surface area contributed by atoms with Crippen LogP contribution in [0.5, 0.6) is 0 Å². The van der Waals surface area contributed by atoms with Crippen molar-refractivity contribution in [2.24, 2.45) is 0 Å². The Bertz CT molecular complexity index is 378. The van der Waals surface area contributed by atoms with E-state index in [1.165, 1.54) is 4.90 Å². The fourth-order valence-corrected chi connectivity index (χ4v) is 2.17. The summed E-state index contributed by atoms with van der Waals surface area (Å²) in [5.41, 5.74) is 1.93. The maximum absolute atomic E-state index is 10.9. The zero-order valence-corrected chi connectivity index (χ0v) is 9.12. The first-order valence-electron chi connectivity index (χ1n) is 4.47. The van der Waals surface area contributed by atoms with Crippen molar-refractivity contribution in [1.29, 1.82) is 0 Å². The van der Waals surface area contributed by atoms with E-state index in [4.69, 9.17) is 5.11 Å². The predicted octanol–water partition coefficient (Wildman–Crippen LogP) is 2.88. The van der Waals surface area contributed by atoms with Gasteiger partial charge in [0.2, 0.25) is 0 Å². The first kappa shape index (κ1) is 9.52. The summed E-state index contributed by atoms with van der Waals surface area (Å²) < 4.78 is 1.00. The van der Waals surface area contributed by atoms with Crippen molar-refractivity contribution < 1.29 is 9.90 Å². The maximum atomic E-state index is 10.9. The molecule has 0 atom stereocenters. The van der Waals surface area contributed by atoms with Gasteiger partial charge in [-0.05, 0) is 36.6 Å². The zero-order chi connectivity index (χ0) is 10.1. The normalized spacial score (nSPS) is 15.1. The predicted molar refractivity (Wildman–Crippen MR) is 57.8 cm³/mol. The molecule has 4 heteroatoms. The molecule has 1 aromatic rings. The second kappa shape index (κ2) is 3.61. The topological polar surface area (TPSA) is 40.5 Å². The fourth-order valence-electron chi connectivity index (χ4n) is 1.76. The molecule has 3 nitrogen and oxygen atoms in total. The summed E-state index contributed by atoms with van der Waals surface area (Å²) in [5, 5.41) is 8.97. The van der Waals surface area contributed by atoms with E-state index in [1.807, 2.05) is 18.2 Å². The average molecular weight is 256 g/mol. The van der Waals surface area contributed by atoms with E-state index in [-0.39, 0.29) is 0 Å². The van der Waals surface area contributed by atoms with Crippen molar-refractivity contribution >= 4 is 27.7 Å². The van der Waals surface area contributed by atoms with Gasteiger partial charge in [-0.3, -0.25) is 4.90 Å². The molecule has 0 bridgehead atoms. The minimum Gasteiger partial charge on any atom is -0.465 e. The number of halogens is 1. The molecule has 0 aliphatic carbocycles. The fraction of sp³-hybridized carbons (Fsp3) is 0.300. The number of anilines is 1. The van der Waals surface area contributed by atoms with E-state index in [9.17, 15) is 4.79 Å². The maximum Gasteiger partial charge on any atom is 0.411 e. The summed E-state index contributed by atoms with van der Waals surface area (Å²) >= 11 is 3.38. The lowest BCUT2D eigenvalue weighted by atomic mass is 10.0. The molecule has 0 saturated heterocycles. The van der Waals surface area contributed by atoms with E-state index in [0.717, 1.165) is 28.6 Å². The third-order valence-electron chi connectivity index (χ3n) is 2.39. The van der Waals surface area contributed by atoms with Gasteiger partial charge in [-0.25, -0.2) is 4.79 Å². The van der Waals surface area contributed by atoms with Gasteiger partial charge in [-0.1, -0.05) is 15.9 Å². The summed E-state index contributed by atoms with van der Waals surface area (Å²) in [4.78, 5) is 12.3. The summed E-state index contributed by atoms with van der Waals surface area (Å²) in [6, 6.07) is 5.72. The van der Waals surface area contributed by atoms with Crippen LogP contribution in [0.25, 0.3) is 0 Å². The van der Waals surface area contributed by atoms with Gasteiger partial charge in [-0.2, -0.15) is 0 Å². The van der Waals surface area contributed by atoms with Crippen LogP contribution in [0.15, 0.2) is 22.7 Å². The first-order chi connectivity index (χ1) is 6.68. The van der Waals surface area contributed by atoms with Crippen LogP contribution in [0.3, 0.4) is 0 Å². The number of aryl methyl sites for hydroxylation is 1. The number of carboxylic acid groups (broad SMARTS) is 1. The quantitative estimate of drug-likeness (QED) is 0.775. The number of hydrogen-bond acceptors (Lipinski definition) is 1. The number of hydrogen-bond donors (Lipinski definition) is 1. The number of nitrogens with zero attached hydrogens (tertiary/aromatic N) is 1. The minimum atomic E-state index is -0.867. The molecule has 0 spiro atoms. The highest BCUT2D eigenvalue weighted by molar-refractivity contribution is 9.10. The van der Waals surface area contributed by atoms with E-state index in [2.05, 4.69) is 15.9 Å². The Kier molecular flexibility index (Phi) is 2.46. The molecule has 1 amide bonds. The molecule has 0 aromatic heterocycles. The van der Waals surface area contributed by atoms with Gasteiger partial charge in [0.25, 0.3) is 0 Å². The summed E-state index contributed by atoms with van der Waals surface area (Å²) in [6.45, 7) is 0.601. The first-order valence-corrected chi connectivity index (χ1v) is 5.26. The Labute approximate surface area is 90.5 Å². The van der Waals surface area contributed by atoms with Gasteiger partial charge in [0.15, 0.2) is 0 Å². The Morgan fingerprint density at radius 2 is 2.29 bits per heavy atom. The molecule has 14 heavy (non-hydrogen) atoms. The number of rotatable bonds is 0. The third kappa shape index (κ3) is 1.62. The molecule has 1 heterocycles. The van der Waals surface area contributed by atoms with Gasteiger partial charge in [0, 0.05) is 11.0 Å². The summed E-state index contributed by atoms with van der Waals surface area (Å²) in [6.07, 6.45) is 0.988. The third-order valence-corrected chi connectivity index (χ3v) is 2.88. The van der Waals surface area contributed by atoms with Crippen molar-refractivity contribution in [3.63, 3.8) is 0 Å². The number of benzene rings is 1. The van der Waals surface area contributed by atoms with Crippen molar-refractivity contribution in [2.45, 2.75) is 12.8 Å². The Morgan fingerprint density at radius 3 is 3.00 bits per heavy atom. The standard InChI is InChI=1S/C10H10BrNO2/c11-8-3-4-9-7(6-8)2-1-5-12(9)10(13)14/h3-4,6H,1-2,5H2,(H,13,14). The highest BCUT2D eigenvalue weighted by Crippen LogP contribution is 2.29. The molecule has 2 rings (SSSR count). The van der Waals surface area contributed by atoms with Gasteiger partial charge < -0.3 is 5.11 Å². The van der Waals surface area contributed by atoms with Gasteiger partial charge in [-0.15, -0.1) is 0 Å². The van der Waals surface area contributed by atoms with Crippen LogP contribution in [0.2, 0.25) is 0 Å². The molecule has 1 aromatic carbocycles. The number of carbonyl (C=O) groups is 1. The van der Waals surface area contributed by atoms with E-state index in [0.29, 0.717) is 6.54 Å². The molecular formula is C10H10BrNO2. The highest BCUT2D eigenvalue weighted by atomic mass is 79.9. The van der Waals surface area contributed by atoms with Crippen LogP contribution >= 0.6 is 15.9 Å². The lowest BCUT2D eigenvalue weighted by molar-refractivity contribution is 0.201. The molecule has 0 radical (unpaired) electrons. The lowest BCUT2D eigenvalue weighted by Crippen LogP contribution is -2.34. The largest absolute Gasteiger partial charge is 0.465 e. The van der Waals surface area contributed by atoms with Gasteiger partial charge >= 0.3 is 6.09 Å². The smallest absolute Gasteiger partial charge is 0.411 e. The number of fused-ring (bicyclic) bond motifs is 1. The van der Waals surface area contributed by atoms with Crippen molar-refractivity contribution in [3.05, 3.63) is 28.2 Å². The monoisotopic (exact) mass is 255 g/mol. The van der Waals surface area contributed by atoms with Crippen LogP contribution in [0.1, 0.15) is 12.0 Å². The summed E-state index contributed by atoms with van der Waals surface area (Å²) in [5.74, 6) is 0. The van der Waals surface area contributed by atoms with Crippen LogP contribution in [0, 0.1) is 0 Å². The van der Waals surface area contributed by atoms with Crippen LogP contribution in [0.4, 0.5) is 10.5 Å². The SMILES string of the molecule is O=C(O)N1CCCc2cc(Br)ccc21. The number of amides is 1. The Morgan fingerprint density at radius 1 is 1.50 bits per heavy atom. The van der Waals surface area contributed by atoms with E-state index in [1.54, 1.807) is 0 Å². The van der Waals surface area contributed by atoms with Gasteiger partial charge in [0.05, 0.1) is 5.69 Å². The lowest BCUT2D eigenvalue weighted by Gasteiger charge is -2.26. The zero-order valence-electron chi connectivity index (χ0n) is 7.53. The molecule has 0 unspecified atom stereocenters. The van der Waals surface area contributed by atoms with E-state index >= 15 is 0 Å². The Balaban J connectivity index is 2.44. The molecule has 1 aliphatic rings. The molecular weight excluding hydrogens is 246 g/mol. The highest BCUT2D eigenvalue weighted by Gasteiger charge is 2.21. The molecule has 0 fully saturated rings. The van der Waals surface area contributed by atoms with Crippen LogP contribution in [-0.4, -0.2) is 17.7 Å².